The van der Waals surface area contributed by atoms with Crippen LogP contribution in [-0.4, -0.2) is 56.3 Å². The second kappa shape index (κ2) is 10.7. The highest BCUT2D eigenvalue weighted by Gasteiger charge is 2.30. The quantitative estimate of drug-likeness (QED) is 0.281. The average Bonchev–Trinajstić information content (AvgIpc) is 3.55. The Morgan fingerprint density at radius 1 is 1.13 bits per heavy atom. The van der Waals surface area contributed by atoms with E-state index in [1.807, 2.05) is 46.3 Å². The summed E-state index contributed by atoms with van der Waals surface area (Å²) in [6.45, 7) is 0.699. The molecule has 1 aliphatic heterocycles. The van der Waals surface area contributed by atoms with E-state index in [0.717, 1.165) is 33.9 Å². The highest BCUT2D eigenvalue weighted by Crippen LogP contribution is 2.34. The largest absolute Gasteiger partial charge is 0.392 e. The molecule has 4 heterocycles. The molecule has 1 aliphatic rings. The van der Waals surface area contributed by atoms with E-state index in [4.69, 9.17) is 21.6 Å². The van der Waals surface area contributed by atoms with Crippen molar-refractivity contribution in [2.75, 3.05) is 18.4 Å². The normalized spacial score (nSPS) is 16.5. The van der Waals surface area contributed by atoms with Gasteiger partial charge in [0, 0.05) is 47.5 Å². The topological polar surface area (TPSA) is 113 Å². The molecule has 1 atom stereocenters. The third-order valence-corrected chi connectivity index (χ3v) is 9.60. The molecule has 0 aliphatic carbocycles. The van der Waals surface area contributed by atoms with Crippen molar-refractivity contribution < 1.29 is 13.5 Å². The van der Waals surface area contributed by atoms with Crippen LogP contribution < -0.4 is 5.32 Å². The number of benzene rings is 2. The molecule has 0 unspecified atom stereocenters. The zero-order valence-corrected chi connectivity index (χ0v) is 23.1. The van der Waals surface area contributed by atoms with E-state index < -0.39 is 10.0 Å². The van der Waals surface area contributed by atoms with Gasteiger partial charge in [0.2, 0.25) is 16.0 Å². The van der Waals surface area contributed by atoms with Crippen LogP contribution >= 0.6 is 22.9 Å². The maximum absolute atomic E-state index is 13.2. The molecular formula is C27H25ClN6O3S2. The monoisotopic (exact) mass is 580 g/mol. The predicted molar refractivity (Wildman–Crippen MR) is 152 cm³/mol. The van der Waals surface area contributed by atoms with Crippen molar-refractivity contribution in [3.8, 4) is 22.6 Å². The number of halogens is 1. The fourth-order valence-electron chi connectivity index (χ4n) is 4.83. The van der Waals surface area contributed by atoms with Crippen molar-refractivity contribution in [1.82, 2.24) is 23.7 Å². The van der Waals surface area contributed by atoms with Gasteiger partial charge in [-0.05, 0) is 54.8 Å². The molecule has 0 saturated carbocycles. The lowest BCUT2D eigenvalue weighted by Crippen LogP contribution is -2.45. The summed E-state index contributed by atoms with van der Waals surface area (Å²) in [6, 6.07) is 15.6. The van der Waals surface area contributed by atoms with Crippen LogP contribution in [0.2, 0.25) is 5.02 Å². The van der Waals surface area contributed by atoms with Crippen LogP contribution in [0.25, 0.3) is 27.6 Å². The van der Waals surface area contributed by atoms with Crippen LogP contribution in [0.1, 0.15) is 18.4 Å². The van der Waals surface area contributed by atoms with E-state index in [1.165, 1.54) is 27.8 Å². The second-order valence-corrected chi connectivity index (χ2v) is 12.5. The first-order valence-electron chi connectivity index (χ1n) is 12.4. The number of aliphatic hydroxyl groups excluding tert-OH is 1. The summed E-state index contributed by atoms with van der Waals surface area (Å²) in [6.07, 6.45) is 5.15. The summed E-state index contributed by atoms with van der Waals surface area (Å²) in [5, 5.41) is 15.5. The van der Waals surface area contributed by atoms with Gasteiger partial charge in [0.05, 0.1) is 22.9 Å². The Morgan fingerprint density at radius 3 is 2.79 bits per heavy atom. The Hall–Kier alpha value is -3.35. The molecule has 200 valence electrons. The molecule has 2 N–H and O–H groups in total. The lowest BCUT2D eigenvalue weighted by molar-refractivity contribution is 0.282. The predicted octanol–water partition coefficient (Wildman–Crippen LogP) is 4.93. The fourth-order valence-corrected chi connectivity index (χ4v) is 7.19. The highest BCUT2D eigenvalue weighted by atomic mass is 35.5. The molecule has 0 bridgehead atoms. The summed E-state index contributed by atoms with van der Waals surface area (Å²) >= 11 is 7.48. The third kappa shape index (κ3) is 5.15. The smallest absolute Gasteiger partial charge is 0.243 e. The van der Waals surface area contributed by atoms with Gasteiger partial charge in [-0.2, -0.15) is 4.31 Å². The maximum Gasteiger partial charge on any atom is 0.243 e. The van der Waals surface area contributed by atoms with Gasteiger partial charge < -0.3 is 10.4 Å². The number of hydrogen-bond acceptors (Lipinski definition) is 8. The van der Waals surface area contributed by atoms with Gasteiger partial charge in [-0.15, -0.1) is 11.3 Å². The van der Waals surface area contributed by atoms with Crippen LogP contribution in [0.3, 0.4) is 0 Å². The third-order valence-electron chi connectivity index (χ3n) is 6.71. The molecule has 6 rings (SSSR count). The number of nitrogens with zero attached hydrogens (tertiary/aromatic N) is 5. The first-order valence-corrected chi connectivity index (χ1v) is 15.1. The van der Waals surface area contributed by atoms with Gasteiger partial charge in [-0.3, -0.25) is 4.40 Å². The Labute approximate surface area is 234 Å². The van der Waals surface area contributed by atoms with E-state index >= 15 is 0 Å². The number of hydrogen-bond donors (Lipinski definition) is 2. The highest BCUT2D eigenvalue weighted by molar-refractivity contribution is 7.89. The van der Waals surface area contributed by atoms with Crippen LogP contribution in [0.4, 0.5) is 5.95 Å². The number of nitrogens with one attached hydrogen (secondary N) is 1. The lowest BCUT2D eigenvalue weighted by Gasteiger charge is -2.32. The lowest BCUT2D eigenvalue weighted by atomic mass is 10.1. The summed E-state index contributed by atoms with van der Waals surface area (Å²) in [5.41, 5.74) is 3.96. The summed E-state index contributed by atoms with van der Waals surface area (Å²) < 4.78 is 29.9. The minimum Gasteiger partial charge on any atom is -0.392 e. The van der Waals surface area contributed by atoms with E-state index in [-0.39, 0.29) is 17.5 Å². The van der Waals surface area contributed by atoms with Crippen molar-refractivity contribution in [2.24, 2.45) is 0 Å². The van der Waals surface area contributed by atoms with Gasteiger partial charge in [-0.1, -0.05) is 29.8 Å². The van der Waals surface area contributed by atoms with Crippen LogP contribution in [0, 0.1) is 0 Å². The van der Waals surface area contributed by atoms with E-state index in [9.17, 15) is 13.5 Å². The molecule has 1 fully saturated rings. The molecule has 5 aromatic rings. The van der Waals surface area contributed by atoms with Gasteiger partial charge in [0.15, 0.2) is 4.96 Å². The number of anilines is 1. The molecule has 0 amide bonds. The first-order chi connectivity index (χ1) is 18.9. The minimum atomic E-state index is -3.64. The molecule has 2 aromatic carbocycles. The van der Waals surface area contributed by atoms with Gasteiger partial charge in [0.1, 0.15) is 5.69 Å². The zero-order chi connectivity index (χ0) is 27.0. The Kier molecular flexibility index (Phi) is 7.08. The molecule has 0 radical (unpaired) electrons. The van der Waals surface area contributed by atoms with Crippen molar-refractivity contribution in [3.63, 3.8) is 0 Å². The number of thiazole rings is 1. The number of rotatable bonds is 7. The van der Waals surface area contributed by atoms with Gasteiger partial charge in [-0.25, -0.2) is 23.4 Å². The van der Waals surface area contributed by atoms with Gasteiger partial charge >= 0.3 is 0 Å². The van der Waals surface area contributed by atoms with Crippen molar-refractivity contribution in [2.45, 2.75) is 30.4 Å². The molecule has 12 heteroatoms. The zero-order valence-electron chi connectivity index (χ0n) is 20.7. The summed E-state index contributed by atoms with van der Waals surface area (Å²) in [4.78, 5) is 15.1. The summed E-state index contributed by atoms with van der Waals surface area (Å²) in [5.74, 6) is 0.420. The first kappa shape index (κ1) is 25.9. The Bertz CT molecular complexity index is 1740. The average molecular weight is 581 g/mol. The number of imidazole rings is 1. The van der Waals surface area contributed by atoms with Gasteiger partial charge in [0.25, 0.3) is 0 Å². The number of sulfonamides is 1. The van der Waals surface area contributed by atoms with Crippen molar-refractivity contribution in [1.29, 1.82) is 0 Å². The van der Waals surface area contributed by atoms with Crippen molar-refractivity contribution in [3.05, 3.63) is 83.0 Å². The molecule has 39 heavy (non-hydrogen) atoms. The van der Waals surface area contributed by atoms with Crippen molar-refractivity contribution >= 4 is 43.9 Å². The molecular weight excluding hydrogens is 556 g/mol. The fraction of sp³-hybridized carbons (Fsp3) is 0.222. The van der Waals surface area contributed by atoms with E-state index in [1.54, 1.807) is 18.3 Å². The molecule has 0 spiro atoms. The minimum absolute atomic E-state index is 0.0564. The van der Waals surface area contributed by atoms with E-state index in [2.05, 4.69) is 10.3 Å². The Morgan fingerprint density at radius 2 is 1.97 bits per heavy atom. The second-order valence-electron chi connectivity index (χ2n) is 9.29. The number of piperidine rings is 1. The van der Waals surface area contributed by atoms with Crippen LogP contribution in [0.15, 0.2) is 77.3 Å². The number of aliphatic hydroxyl groups is 1. The maximum atomic E-state index is 13.2. The van der Waals surface area contributed by atoms with Crippen LogP contribution in [0.5, 0.6) is 0 Å². The van der Waals surface area contributed by atoms with E-state index in [0.29, 0.717) is 36.2 Å². The van der Waals surface area contributed by atoms with Crippen LogP contribution in [-0.2, 0) is 16.6 Å². The molecule has 9 nitrogen and oxygen atoms in total. The number of aromatic nitrogens is 4. The standard InChI is InChI=1S/C27H25ClN6O3S2/c28-20-6-8-22(9-7-20)39(36,37)33-12-2-5-21(16-33)30-26-29-11-10-23(31-26)25-24(32-27-34(25)13-14-38-27)19-4-1-3-18(15-19)17-35/h1,3-4,6-11,13-15,21,35H,2,5,12,16-17H2,(H,29,30,31)/t21-/m1/s1. The number of fused-ring (bicyclic) bond motifs is 1. The Balaban J connectivity index is 1.28. The molecule has 1 saturated heterocycles. The summed E-state index contributed by atoms with van der Waals surface area (Å²) in [7, 11) is -3.64. The SMILES string of the molecule is O=S(=O)(c1ccc(Cl)cc1)N1CCC[C@@H](Nc2nccc(-c3c(-c4cccc(CO)c4)nc4sccn34)n2)C1. The molecule has 3 aromatic heterocycles.